The van der Waals surface area contributed by atoms with Crippen molar-refractivity contribution >= 4 is 27.5 Å². The van der Waals surface area contributed by atoms with Gasteiger partial charge in [-0.05, 0) is 62.6 Å². The summed E-state index contributed by atoms with van der Waals surface area (Å²) in [5.41, 5.74) is 5.25. The monoisotopic (exact) mass is 365 g/mol. The van der Waals surface area contributed by atoms with E-state index in [-0.39, 0.29) is 0 Å². The van der Waals surface area contributed by atoms with Crippen LogP contribution in [0.25, 0.3) is 0 Å². The van der Waals surface area contributed by atoms with Gasteiger partial charge in [0.1, 0.15) is 0 Å². The Morgan fingerprint density at radius 2 is 1.76 bits per heavy atom. The van der Waals surface area contributed by atoms with E-state index in [2.05, 4.69) is 59.4 Å². The molecule has 0 aliphatic heterocycles. The predicted octanol–water partition coefficient (Wildman–Crippen LogP) is 5.09. The Morgan fingerprint density at radius 1 is 1.05 bits per heavy atom. The first kappa shape index (κ1) is 16.5. The van der Waals surface area contributed by atoms with E-state index >= 15 is 0 Å². The van der Waals surface area contributed by atoms with Crippen molar-refractivity contribution in [2.24, 2.45) is 0 Å². The van der Waals surface area contributed by atoms with E-state index in [0.717, 1.165) is 22.3 Å². The molecule has 1 atom stereocenters. The molecule has 0 radical (unpaired) electrons. The Bertz CT molecular complexity index is 625. The molecule has 21 heavy (non-hydrogen) atoms. The zero-order valence-corrected chi connectivity index (χ0v) is 15.1. The van der Waals surface area contributed by atoms with Crippen LogP contribution in [-0.4, -0.2) is 13.1 Å². The van der Waals surface area contributed by atoms with E-state index < -0.39 is 0 Å². The van der Waals surface area contributed by atoms with Gasteiger partial charge in [0, 0.05) is 15.5 Å². The highest BCUT2D eigenvalue weighted by atomic mass is 79.9. The normalized spacial score (nSPS) is 12.4. The van der Waals surface area contributed by atoms with Gasteiger partial charge in [-0.2, -0.15) is 0 Å². The van der Waals surface area contributed by atoms with Crippen molar-refractivity contribution in [3.63, 3.8) is 0 Å². The van der Waals surface area contributed by atoms with Crippen molar-refractivity contribution in [3.8, 4) is 0 Å². The van der Waals surface area contributed by atoms with Gasteiger partial charge >= 0.3 is 0 Å². The van der Waals surface area contributed by atoms with Crippen LogP contribution in [0.2, 0.25) is 5.02 Å². The number of nitrogens with one attached hydrogen (secondary N) is 1. The van der Waals surface area contributed by atoms with Crippen LogP contribution >= 0.6 is 27.5 Å². The Labute approximate surface area is 140 Å². The molecule has 1 N–H and O–H groups in total. The number of hydrogen-bond donors (Lipinski definition) is 1. The van der Waals surface area contributed by atoms with Crippen LogP contribution in [0.1, 0.15) is 22.3 Å². The molecule has 112 valence electrons. The lowest BCUT2D eigenvalue weighted by atomic mass is 9.95. The summed E-state index contributed by atoms with van der Waals surface area (Å²) in [6.07, 6.45) is 1.94. The first-order valence-electron chi connectivity index (χ1n) is 7.17. The molecular formula is C18H21BrClN. The van der Waals surface area contributed by atoms with Gasteiger partial charge in [0.05, 0.1) is 0 Å². The number of aryl methyl sites for hydroxylation is 2. The van der Waals surface area contributed by atoms with Crippen molar-refractivity contribution in [1.82, 2.24) is 5.32 Å². The molecule has 0 aromatic heterocycles. The van der Waals surface area contributed by atoms with E-state index in [9.17, 15) is 0 Å². The first-order valence-corrected chi connectivity index (χ1v) is 8.34. The molecular weight excluding hydrogens is 346 g/mol. The number of likely N-dealkylation sites (N-methyl/N-ethyl adjacent to an activating group) is 1. The fourth-order valence-corrected chi connectivity index (χ4v) is 3.27. The zero-order valence-electron chi connectivity index (χ0n) is 12.7. The number of halogens is 2. The summed E-state index contributed by atoms with van der Waals surface area (Å²) < 4.78 is 1.02. The maximum absolute atomic E-state index is 6.33. The maximum Gasteiger partial charge on any atom is 0.0449 e. The Hall–Kier alpha value is -0.830. The molecule has 0 aliphatic carbocycles. The number of rotatable bonds is 5. The lowest BCUT2D eigenvalue weighted by Gasteiger charge is -2.19. The van der Waals surface area contributed by atoms with Crippen molar-refractivity contribution in [2.45, 2.75) is 32.7 Å². The zero-order chi connectivity index (χ0) is 15.4. The molecule has 2 aromatic carbocycles. The summed E-state index contributed by atoms with van der Waals surface area (Å²) in [5, 5.41) is 4.24. The summed E-state index contributed by atoms with van der Waals surface area (Å²) in [6, 6.07) is 13.1. The van der Waals surface area contributed by atoms with Crippen LogP contribution in [-0.2, 0) is 12.8 Å². The van der Waals surface area contributed by atoms with Gasteiger partial charge in [0.2, 0.25) is 0 Å². The molecule has 0 saturated heterocycles. The molecule has 1 nitrogen and oxygen atoms in total. The smallest absolute Gasteiger partial charge is 0.0449 e. The minimum atomic E-state index is 0.379. The first-order chi connectivity index (χ1) is 9.99. The lowest BCUT2D eigenvalue weighted by molar-refractivity contribution is 0.555. The summed E-state index contributed by atoms with van der Waals surface area (Å²) in [7, 11) is 2.02. The topological polar surface area (TPSA) is 12.0 Å². The van der Waals surface area contributed by atoms with Crippen molar-refractivity contribution < 1.29 is 0 Å². The molecule has 0 saturated carbocycles. The largest absolute Gasteiger partial charge is 0.316 e. The second-order valence-corrected chi connectivity index (χ2v) is 6.88. The third kappa shape index (κ3) is 4.57. The van der Waals surface area contributed by atoms with Crippen LogP contribution in [0, 0.1) is 13.8 Å². The third-order valence-corrected chi connectivity index (χ3v) is 4.71. The van der Waals surface area contributed by atoms with Gasteiger partial charge in [-0.1, -0.05) is 57.4 Å². The number of benzene rings is 2. The average Bonchev–Trinajstić information content (AvgIpc) is 2.44. The molecule has 0 aliphatic rings. The highest BCUT2D eigenvalue weighted by Gasteiger charge is 2.12. The van der Waals surface area contributed by atoms with Gasteiger partial charge in [0.15, 0.2) is 0 Å². The molecule has 0 spiro atoms. The molecule has 0 fully saturated rings. The summed E-state index contributed by atoms with van der Waals surface area (Å²) in [4.78, 5) is 0. The van der Waals surface area contributed by atoms with Crippen LogP contribution in [0.3, 0.4) is 0 Å². The standard InChI is InChI=1S/C18H21BrClN/c1-12-4-5-13(2)15(8-12)10-17(21-3)9-14-6-7-16(19)11-18(14)20/h4-8,11,17,21H,9-10H2,1-3H3. The van der Waals surface area contributed by atoms with E-state index in [1.165, 1.54) is 22.3 Å². The van der Waals surface area contributed by atoms with Crippen molar-refractivity contribution in [2.75, 3.05) is 7.05 Å². The molecule has 0 heterocycles. The van der Waals surface area contributed by atoms with Gasteiger partial charge < -0.3 is 5.32 Å². The van der Waals surface area contributed by atoms with Gasteiger partial charge in [-0.15, -0.1) is 0 Å². The van der Waals surface area contributed by atoms with Crippen LogP contribution in [0.4, 0.5) is 0 Å². The van der Waals surface area contributed by atoms with Crippen LogP contribution in [0.5, 0.6) is 0 Å². The minimum Gasteiger partial charge on any atom is -0.316 e. The third-order valence-electron chi connectivity index (χ3n) is 3.86. The quantitative estimate of drug-likeness (QED) is 0.777. The molecule has 2 rings (SSSR count). The van der Waals surface area contributed by atoms with Gasteiger partial charge in [0.25, 0.3) is 0 Å². The Balaban J connectivity index is 2.14. The van der Waals surface area contributed by atoms with E-state index in [4.69, 9.17) is 11.6 Å². The SMILES string of the molecule is CNC(Cc1cc(C)ccc1C)Cc1ccc(Br)cc1Cl. The fourth-order valence-electron chi connectivity index (χ4n) is 2.51. The fraction of sp³-hybridized carbons (Fsp3) is 0.333. The van der Waals surface area contributed by atoms with Gasteiger partial charge in [-0.3, -0.25) is 0 Å². The second-order valence-electron chi connectivity index (χ2n) is 5.56. The van der Waals surface area contributed by atoms with Gasteiger partial charge in [-0.25, -0.2) is 0 Å². The molecule has 1 unspecified atom stereocenters. The Morgan fingerprint density at radius 3 is 2.43 bits per heavy atom. The number of hydrogen-bond acceptors (Lipinski definition) is 1. The second kappa shape index (κ2) is 7.44. The van der Waals surface area contributed by atoms with Crippen molar-refractivity contribution in [1.29, 1.82) is 0 Å². The maximum atomic E-state index is 6.33. The summed E-state index contributed by atoms with van der Waals surface area (Å²) >= 11 is 9.78. The van der Waals surface area contributed by atoms with E-state index in [1.807, 2.05) is 19.2 Å². The molecule has 2 aromatic rings. The average molecular weight is 367 g/mol. The highest BCUT2D eigenvalue weighted by molar-refractivity contribution is 9.10. The van der Waals surface area contributed by atoms with E-state index in [1.54, 1.807) is 0 Å². The van der Waals surface area contributed by atoms with E-state index in [0.29, 0.717) is 6.04 Å². The predicted molar refractivity (Wildman–Crippen MR) is 95.3 cm³/mol. The molecule has 3 heteroatoms. The van der Waals surface area contributed by atoms with Crippen LogP contribution < -0.4 is 5.32 Å². The molecule has 0 bridgehead atoms. The summed E-state index contributed by atoms with van der Waals surface area (Å²) in [5.74, 6) is 0. The Kier molecular flexibility index (Phi) is 5.86. The summed E-state index contributed by atoms with van der Waals surface area (Å²) in [6.45, 7) is 4.32. The lowest BCUT2D eigenvalue weighted by Crippen LogP contribution is -2.30. The van der Waals surface area contributed by atoms with Crippen molar-refractivity contribution in [3.05, 3.63) is 68.1 Å². The minimum absolute atomic E-state index is 0.379. The highest BCUT2D eigenvalue weighted by Crippen LogP contribution is 2.23. The van der Waals surface area contributed by atoms with Crippen LogP contribution in [0.15, 0.2) is 40.9 Å². The molecule has 0 amide bonds.